The van der Waals surface area contributed by atoms with Gasteiger partial charge in [0.2, 0.25) is 0 Å². The minimum atomic E-state index is -0.402. The number of esters is 1. The van der Waals surface area contributed by atoms with Crippen LogP contribution in [0.25, 0.3) is 0 Å². The fourth-order valence-electron chi connectivity index (χ4n) is 2.00. The van der Waals surface area contributed by atoms with E-state index in [4.69, 9.17) is 14.2 Å². The Morgan fingerprint density at radius 3 is 2.65 bits per heavy atom. The molecule has 0 unspecified atom stereocenters. The molecule has 0 amide bonds. The van der Waals surface area contributed by atoms with Gasteiger partial charge in [-0.25, -0.2) is 4.79 Å². The van der Waals surface area contributed by atoms with Crippen molar-refractivity contribution < 1.29 is 19.0 Å². The van der Waals surface area contributed by atoms with E-state index < -0.39 is 5.97 Å². The highest BCUT2D eigenvalue weighted by molar-refractivity contribution is 5.96. The third-order valence-electron chi connectivity index (χ3n) is 3.11. The number of anilines is 2. The molecule has 1 aromatic heterocycles. The summed E-state index contributed by atoms with van der Waals surface area (Å²) < 4.78 is 15.5. The van der Waals surface area contributed by atoms with Gasteiger partial charge in [0.1, 0.15) is 23.7 Å². The van der Waals surface area contributed by atoms with Crippen LogP contribution in [0, 0.1) is 6.92 Å². The summed E-state index contributed by atoms with van der Waals surface area (Å²) in [6, 6.07) is 7.39. The Bertz CT molecular complexity index is 637. The van der Waals surface area contributed by atoms with Crippen LogP contribution in [0.3, 0.4) is 0 Å². The average Bonchev–Trinajstić information content (AvgIpc) is 2.90. The lowest BCUT2D eigenvalue weighted by Crippen LogP contribution is -2.08. The van der Waals surface area contributed by atoms with Gasteiger partial charge in [-0.3, -0.25) is 5.10 Å². The number of carbonyl (C=O) groups excluding carboxylic acids is 1. The first-order chi connectivity index (χ1) is 11.2. The van der Waals surface area contributed by atoms with Crippen LogP contribution < -0.4 is 10.1 Å². The molecule has 0 saturated carbocycles. The first kappa shape index (κ1) is 16.8. The summed E-state index contributed by atoms with van der Waals surface area (Å²) in [4.78, 5) is 12.0. The van der Waals surface area contributed by atoms with E-state index in [0.29, 0.717) is 36.9 Å². The first-order valence-corrected chi connectivity index (χ1v) is 7.36. The molecule has 2 aromatic rings. The second kappa shape index (κ2) is 8.19. The lowest BCUT2D eigenvalue weighted by atomic mass is 10.2. The van der Waals surface area contributed by atoms with Gasteiger partial charge < -0.3 is 19.5 Å². The molecule has 0 aliphatic heterocycles. The number of hydrogen-bond donors (Lipinski definition) is 2. The van der Waals surface area contributed by atoms with Crippen molar-refractivity contribution in [3.05, 3.63) is 35.5 Å². The number of hydrogen-bond acceptors (Lipinski definition) is 6. The largest absolute Gasteiger partial charge is 0.491 e. The Hall–Kier alpha value is -2.54. The van der Waals surface area contributed by atoms with E-state index in [2.05, 4.69) is 15.5 Å². The van der Waals surface area contributed by atoms with Crippen LogP contribution in [0.2, 0.25) is 0 Å². The highest BCUT2D eigenvalue weighted by atomic mass is 16.5. The normalized spacial score (nSPS) is 10.4. The van der Waals surface area contributed by atoms with Crippen LogP contribution in [-0.4, -0.2) is 43.1 Å². The monoisotopic (exact) mass is 319 g/mol. The Kier molecular flexibility index (Phi) is 5.99. The number of methoxy groups -OCH3 is 1. The van der Waals surface area contributed by atoms with Gasteiger partial charge in [0.05, 0.1) is 18.9 Å². The molecule has 124 valence electrons. The van der Waals surface area contributed by atoms with E-state index in [0.717, 1.165) is 11.4 Å². The van der Waals surface area contributed by atoms with Gasteiger partial charge in [-0.05, 0) is 38.1 Å². The zero-order valence-corrected chi connectivity index (χ0v) is 13.5. The van der Waals surface area contributed by atoms with E-state index >= 15 is 0 Å². The van der Waals surface area contributed by atoms with Gasteiger partial charge in [0.25, 0.3) is 0 Å². The summed E-state index contributed by atoms with van der Waals surface area (Å²) in [5, 5.41) is 9.99. The molecule has 23 heavy (non-hydrogen) atoms. The number of nitrogens with zero attached hydrogens (tertiary/aromatic N) is 1. The molecule has 2 rings (SSSR count). The summed E-state index contributed by atoms with van der Waals surface area (Å²) in [6.07, 6.45) is 0. The summed E-state index contributed by atoms with van der Waals surface area (Å²) in [7, 11) is 1.63. The smallest absolute Gasteiger partial charge is 0.343 e. The minimum absolute atomic E-state index is 0.316. The van der Waals surface area contributed by atoms with Gasteiger partial charge in [-0.15, -0.1) is 0 Å². The zero-order chi connectivity index (χ0) is 16.7. The molecule has 7 heteroatoms. The van der Waals surface area contributed by atoms with Crippen LogP contribution in [0.1, 0.15) is 23.0 Å². The number of rotatable bonds is 8. The predicted octanol–water partition coefficient (Wildman–Crippen LogP) is 2.66. The lowest BCUT2D eigenvalue weighted by Gasteiger charge is -2.09. The van der Waals surface area contributed by atoms with E-state index in [-0.39, 0.29) is 0 Å². The van der Waals surface area contributed by atoms with Crippen molar-refractivity contribution in [2.45, 2.75) is 13.8 Å². The number of carbonyl (C=O) groups is 1. The number of aromatic amines is 1. The molecule has 1 heterocycles. The lowest BCUT2D eigenvalue weighted by molar-refractivity contribution is 0.0527. The summed E-state index contributed by atoms with van der Waals surface area (Å²) in [5.41, 5.74) is 1.80. The van der Waals surface area contributed by atoms with Crippen molar-refractivity contribution in [1.29, 1.82) is 0 Å². The summed E-state index contributed by atoms with van der Waals surface area (Å²) >= 11 is 0. The average molecular weight is 319 g/mol. The Balaban J connectivity index is 2.06. The molecular formula is C16H21N3O4. The second-order valence-electron chi connectivity index (χ2n) is 4.77. The van der Waals surface area contributed by atoms with Crippen molar-refractivity contribution in [3.63, 3.8) is 0 Å². The van der Waals surface area contributed by atoms with Crippen LogP contribution in [0.5, 0.6) is 5.75 Å². The number of aromatic nitrogens is 2. The molecule has 0 radical (unpaired) electrons. The van der Waals surface area contributed by atoms with Crippen molar-refractivity contribution in [2.75, 3.05) is 32.2 Å². The van der Waals surface area contributed by atoms with Crippen molar-refractivity contribution in [2.24, 2.45) is 0 Å². The maximum Gasteiger partial charge on any atom is 0.343 e. The zero-order valence-electron chi connectivity index (χ0n) is 13.5. The van der Waals surface area contributed by atoms with Crippen molar-refractivity contribution in [1.82, 2.24) is 10.2 Å². The highest BCUT2D eigenvalue weighted by Gasteiger charge is 2.19. The standard InChI is InChI=1S/C16H21N3O4/c1-4-22-16(20)14-11(2)18-19-15(14)17-12-5-7-13(8-6-12)23-10-9-21-3/h5-8H,4,9-10H2,1-3H3,(H2,17,18,19). The van der Waals surface area contributed by atoms with Gasteiger partial charge in [0.15, 0.2) is 0 Å². The molecular weight excluding hydrogens is 298 g/mol. The third-order valence-corrected chi connectivity index (χ3v) is 3.11. The first-order valence-electron chi connectivity index (χ1n) is 7.36. The number of nitrogens with one attached hydrogen (secondary N) is 2. The maximum absolute atomic E-state index is 12.0. The molecule has 0 aliphatic rings. The third kappa shape index (κ3) is 4.46. The SMILES string of the molecule is CCOC(=O)c1c(C)n[nH]c1Nc1ccc(OCCOC)cc1. The van der Waals surface area contributed by atoms with Gasteiger partial charge in [0, 0.05) is 12.8 Å². The molecule has 0 saturated heterocycles. The summed E-state index contributed by atoms with van der Waals surface area (Å²) in [5.74, 6) is 0.855. The number of H-pyrrole nitrogens is 1. The number of aryl methyl sites for hydroxylation is 1. The summed E-state index contributed by atoms with van der Waals surface area (Å²) in [6.45, 7) is 4.87. The molecule has 2 N–H and O–H groups in total. The molecule has 0 atom stereocenters. The van der Waals surface area contributed by atoms with Crippen molar-refractivity contribution >= 4 is 17.5 Å². The number of ether oxygens (including phenoxy) is 3. The maximum atomic E-state index is 12.0. The quantitative estimate of drug-likeness (QED) is 0.575. The molecule has 0 fully saturated rings. The van der Waals surface area contributed by atoms with E-state index in [1.165, 1.54) is 0 Å². The molecule has 7 nitrogen and oxygen atoms in total. The second-order valence-corrected chi connectivity index (χ2v) is 4.77. The van der Waals surface area contributed by atoms with E-state index in [9.17, 15) is 4.79 Å². The Morgan fingerprint density at radius 2 is 2.00 bits per heavy atom. The van der Waals surface area contributed by atoms with E-state index in [1.807, 2.05) is 24.3 Å². The van der Waals surface area contributed by atoms with Crippen LogP contribution in [-0.2, 0) is 9.47 Å². The van der Waals surface area contributed by atoms with Crippen LogP contribution in [0.15, 0.2) is 24.3 Å². The van der Waals surface area contributed by atoms with Gasteiger partial charge in [-0.2, -0.15) is 5.10 Å². The van der Waals surface area contributed by atoms with Crippen LogP contribution >= 0.6 is 0 Å². The van der Waals surface area contributed by atoms with Crippen LogP contribution in [0.4, 0.5) is 11.5 Å². The fourth-order valence-corrected chi connectivity index (χ4v) is 2.00. The molecule has 0 spiro atoms. The molecule has 1 aromatic carbocycles. The fraction of sp³-hybridized carbons (Fsp3) is 0.375. The molecule has 0 bridgehead atoms. The van der Waals surface area contributed by atoms with E-state index in [1.54, 1.807) is 21.0 Å². The predicted molar refractivity (Wildman–Crippen MR) is 86.4 cm³/mol. The topological polar surface area (TPSA) is 85.5 Å². The Morgan fingerprint density at radius 1 is 1.26 bits per heavy atom. The van der Waals surface area contributed by atoms with Gasteiger partial charge >= 0.3 is 5.97 Å². The van der Waals surface area contributed by atoms with Crippen molar-refractivity contribution in [3.8, 4) is 5.75 Å². The minimum Gasteiger partial charge on any atom is -0.491 e. The van der Waals surface area contributed by atoms with Gasteiger partial charge in [-0.1, -0.05) is 0 Å². The molecule has 0 aliphatic carbocycles. The number of benzene rings is 1. The Labute approximate surface area is 134 Å². The highest BCUT2D eigenvalue weighted by Crippen LogP contribution is 2.23.